The van der Waals surface area contributed by atoms with Gasteiger partial charge in [0.2, 0.25) is 0 Å². The molecule has 0 aliphatic carbocycles. The molecule has 0 heterocycles. The largest absolute Gasteiger partial charge is 0.106 e. The maximum atomic E-state index is 3.08. The van der Waals surface area contributed by atoms with Gasteiger partial charge in [0.25, 0.3) is 0 Å². The molecule has 0 aliphatic heterocycles. The molecule has 0 aliphatic rings. The van der Waals surface area contributed by atoms with E-state index in [1.54, 1.807) is 0 Å². The summed E-state index contributed by atoms with van der Waals surface area (Å²) in [6.45, 7) is 8.68. The van der Waals surface area contributed by atoms with Crippen molar-refractivity contribution in [1.82, 2.24) is 0 Å². The van der Waals surface area contributed by atoms with Gasteiger partial charge in [0, 0.05) is 6.42 Å². The molecule has 0 fully saturated rings. The Morgan fingerprint density at radius 1 is 1.00 bits per heavy atom. The average Bonchev–Trinajstić information content (AvgIpc) is 2.14. The first-order valence-corrected chi connectivity index (χ1v) is 5.49. The van der Waals surface area contributed by atoms with E-state index in [2.05, 4.69) is 56.9 Å². The first-order chi connectivity index (χ1) is 7.01. The van der Waals surface area contributed by atoms with Crippen LogP contribution in [0.2, 0.25) is 0 Å². The van der Waals surface area contributed by atoms with E-state index < -0.39 is 0 Å². The molecular weight excluding hydrogens is 180 g/mol. The summed E-state index contributed by atoms with van der Waals surface area (Å²) in [6, 6.07) is 8.81. The average molecular weight is 200 g/mol. The van der Waals surface area contributed by atoms with E-state index in [1.165, 1.54) is 11.1 Å². The molecule has 0 spiro atoms. The topological polar surface area (TPSA) is 0 Å². The van der Waals surface area contributed by atoms with Crippen molar-refractivity contribution >= 4 is 0 Å². The second-order valence-electron chi connectivity index (χ2n) is 5.16. The van der Waals surface area contributed by atoms with Gasteiger partial charge in [0.1, 0.15) is 0 Å². The molecule has 0 unspecified atom stereocenters. The summed E-state index contributed by atoms with van der Waals surface area (Å²) in [7, 11) is 0. The van der Waals surface area contributed by atoms with Gasteiger partial charge >= 0.3 is 0 Å². The van der Waals surface area contributed by atoms with Gasteiger partial charge < -0.3 is 0 Å². The highest BCUT2D eigenvalue weighted by molar-refractivity contribution is 5.26. The van der Waals surface area contributed by atoms with Gasteiger partial charge in [-0.05, 0) is 29.9 Å². The van der Waals surface area contributed by atoms with E-state index in [4.69, 9.17) is 0 Å². The number of rotatable bonds is 2. The van der Waals surface area contributed by atoms with Crippen LogP contribution in [0.5, 0.6) is 0 Å². The molecule has 0 saturated carbocycles. The van der Waals surface area contributed by atoms with Crippen molar-refractivity contribution in [2.24, 2.45) is 5.41 Å². The van der Waals surface area contributed by atoms with Crippen molar-refractivity contribution < 1.29 is 0 Å². The first kappa shape index (κ1) is 11.9. The van der Waals surface area contributed by atoms with E-state index in [0.717, 1.165) is 12.8 Å². The molecule has 1 rings (SSSR count). The van der Waals surface area contributed by atoms with Gasteiger partial charge in [-0.2, -0.15) is 0 Å². The van der Waals surface area contributed by atoms with Crippen LogP contribution in [0.1, 0.15) is 38.8 Å². The van der Waals surface area contributed by atoms with Crippen LogP contribution < -0.4 is 0 Å². The summed E-state index contributed by atoms with van der Waals surface area (Å²) < 4.78 is 0. The summed E-state index contributed by atoms with van der Waals surface area (Å²) in [6.07, 6.45) is 2.00. The zero-order valence-corrected chi connectivity index (χ0v) is 10.2. The van der Waals surface area contributed by atoms with Crippen LogP contribution in [0, 0.1) is 17.3 Å². The minimum absolute atomic E-state index is 0.366. The molecule has 80 valence electrons. The molecular formula is C15H20. The Morgan fingerprint density at radius 3 is 2.00 bits per heavy atom. The van der Waals surface area contributed by atoms with Gasteiger partial charge in [0.05, 0.1) is 0 Å². The molecule has 15 heavy (non-hydrogen) atoms. The summed E-state index contributed by atoms with van der Waals surface area (Å²) in [4.78, 5) is 0. The fourth-order valence-electron chi connectivity index (χ4n) is 1.58. The standard InChI is InChI=1S/C15H20/c1-5-6-7-13-8-10-14(11-9-13)12-15(2,3)4/h8-11H,7,12H2,1-4H3. The van der Waals surface area contributed by atoms with Crippen LogP contribution in [0.3, 0.4) is 0 Å². The van der Waals surface area contributed by atoms with E-state index in [9.17, 15) is 0 Å². The van der Waals surface area contributed by atoms with E-state index in [0.29, 0.717) is 5.41 Å². The van der Waals surface area contributed by atoms with Crippen molar-refractivity contribution in [3.8, 4) is 11.8 Å². The van der Waals surface area contributed by atoms with Crippen LogP contribution >= 0.6 is 0 Å². The summed E-state index contributed by atoms with van der Waals surface area (Å²) in [5.74, 6) is 6.00. The SMILES string of the molecule is CC#CCc1ccc(CC(C)(C)C)cc1. The lowest BCUT2D eigenvalue weighted by atomic mass is 9.88. The third-order valence-corrected chi connectivity index (χ3v) is 2.23. The van der Waals surface area contributed by atoms with E-state index in [1.807, 2.05) is 6.92 Å². The molecule has 0 saturated heterocycles. The van der Waals surface area contributed by atoms with Crippen molar-refractivity contribution in [2.75, 3.05) is 0 Å². The highest BCUT2D eigenvalue weighted by Gasteiger charge is 2.10. The Hall–Kier alpha value is -1.22. The predicted molar refractivity (Wildman–Crippen MR) is 66.8 cm³/mol. The Morgan fingerprint density at radius 2 is 1.53 bits per heavy atom. The third kappa shape index (κ3) is 4.70. The molecule has 0 aromatic heterocycles. The number of hydrogen-bond acceptors (Lipinski definition) is 0. The summed E-state index contributed by atoms with van der Waals surface area (Å²) >= 11 is 0. The quantitative estimate of drug-likeness (QED) is 0.636. The molecule has 1 aromatic carbocycles. The monoisotopic (exact) mass is 200 g/mol. The van der Waals surface area contributed by atoms with Crippen LogP contribution in [0.15, 0.2) is 24.3 Å². The highest BCUT2D eigenvalue weighted by atomic mass is 14.2. The van der Waals surface area contributed by atoms with Crippen molar-refractivity contribution in [2.45, 2.75) is 40.5 Å². The van der Waals surface area contributed by atoms with Gasteiger partial charge in [0.15, 0.2) is 0 Å². The molecule has 0 N–H and O–H groups in total. The zero-order valence-electron chi connectivity index (χ0n) is 10.2. The lowest BCUT2D eigenvalue weighted by molar-refractivity contribution is 0.411. The van der Waals surface area contributed by atoms with Crippen molar-refractivity contribution in [1.29, 1.82) is 0 Å². The van der Waals surface area contributed by atoms with Crippen LogP contribution in [-0.2, 0) is 12.8 Å². The Bertz CT molecular complexity index is 352. The van der Waals surface area contributed by atoms with Gasteiger partial charge in [-0.25, -0.2) is 0 Å². The fourth-order valence-corrected chi connectivity index (χ4v) is 1.58. The second kappa shape index (κ2) is 5.03. The minimum atomic E-state index is 0.366. The predicted octanol–water partition coefficient (Wildman–Crippen LogP) is 3.84. The molecule has 0 heteroatoms. The Kier molecular flexibility index (Phi) is 3.97. The second-order valence-corrected chi connectivity index (χ2v) is 5.16. The lowest BCUT2D eigenvalue weighted by Crippen LogP contribution is -2.08. The number of hydrogen-bond donors (Lipinski definition) is 0. The molecule has 0 bridgehead atoms. The summed E-state index contributed by atoms with van der Waals surface area (Å²) in [5, 5.41) is 0. The molecule has 0 atom stereocenters. The maximum absolute atomic E-state index is 3.08. The molecule has 1 aromatic rings. The van der Waals surface area contributed by atoms with Crippen LogP contribution in [-0.4, -0.2) is 0 Å². The molecule has 0 radical (unpaired) electrons. The van der Waals surface area contributed by atoms with Crippen molar-refractivity contribution in [3.63, 3.8) is 0 Å². The lowest BCUT2D eigenvalue weighted by Gasteiger charge is -2.18. The van der Waals surface area contributed by atoms with Gasteiger partial charge in [-0.15, -0.1) is 5.92 Å². The van der Waals surface area contributed by atoms with E-state index in [-0.39, 0.29) is 0 Å². The normalized spacial score (nSPS) is 10.7. The maximum Gasteiger partial charge on any atom is 0.0340 e. The Balaban J connectivity index is 2.67. The van der Waals surface area contributed by atoms with Gasteiger partial charge in [-0.3, -0.25) is 0 Å². The van der Waals surface area contributed by atoms with Gasteiger partial charge in [-0.1, -0.05) is 51.0 Å². The number of benzene rings is 1. The Labute approximate surface area is 93.7 Å². The fraction of sp³-hybridized carbons (Fsp3) is 0.467. The minimum Gasteiger partial charge on any atom is -0.106 e. The highest BCUT2D eigenvalue weighted by Crippen LogP contribution is 2.20. The smallest absolute Gasteiger partial charge is 0.0340 e. The summed E-state index contributed by atoms with van der Waals surface area (Å²) in [5.41, 5.74) is 3.09. The molecule has 0 amide bonds. The first-order valence-electron chi connectivity index (χ1n) is 5.49. The third-order valence-electron chi connectivity index (χ3n) is 2.23. The molecule has 0 nitrogen and oxygen atoms in total. The van der Waals surface area contributed by atoms with Crippen LogP contribution in [0.25, 0.3) is 0 Å². The van der Waals surface area contributed by atoms with E-state index >= 15 is 0 Å². The van der Waals surface area contributed by atoms with Crippen molar-refractivity contribution in [3.05, 3.63) is 35.4 Å². The van der Waals surface area contributed by atoms with Crippen LogP contribution in [0.4, 0.5) is 0 Å². The zero-order chi connectivity index (χ0) is 11.3.